The van der Waals surface area contributed by atoms with Crippen molar-refractivity contribution in [3.8, 4) is 11.5 Å². The predicted molar refractivity (Wildman–Crippen MR) is 141 cm³/mol. The molecule has 3 aromatic rings. The van der Waals surface area contributed by atoms with Gasteiger partial charge in [0.2, 0.25) is 0 Å². The average molecular weight is 530 g/mol. The predicted octanol–water partition coefficient (Wildman–Crippen LogP) is 5.35. The molecule has 0 aliphatic carbocycles. The van der Waals surface area contributed by atoms with Crippen LogP contribution in [0.4, 0.5) is 17.1 Å². The number of hydrogen-bond donors (Lipinski definition) is 2. The molecule has 0 bridgehead atoms. The normalized spacial score (nSPS) is 13.2. The fourth-order valence-corrected chi connectivity index (χ4v) is 4.24. The third-order valence-electron chi connectivity index (χ3n) is 5.67. The number of benzene rings is 3. The van der Waals surface area contributed by atoms with Crippen LogP contribution in [-0.2, 0) is 4.74 Å². The van der Waals surface area contributed by atoms with Crippen molar-refractivity contribution in [1.29, 1.82) is 0 Å². The Hall–Kier alpha value is -3.46. The van der Waals surface area contributed by atoms with Gasteiger partial charge in [-0.3, -0.25) is 9.59 Å². The molecule has 0 spiro atoms. The number of nitrogens with one attached hydrogen (secondary N) is 2. The Kier molecular flexibility index (Phi) is 8.20. The van der Waals surface area contributed by atoms with Crippen LogP contribution in [0.2, 0.25) is 10.0 Å². The van der Waals surface area contributed by atoms with Gasteiger partial charge in [0.1, 0.15) is 11.5 Å². The summed E-state index contributed by atoms with van der Waals surface area (Å²) in [6, 6.07) is 15.0. The Morgan fingerprint density at radius 3 is 1.92 bits per heavy atom. The monoisotopic (exact) mass is 529 g/mol. The maximum Gasteiger partial charge on any atom is 0.259 e. The summed E-state index contributed by atoms with van der Waals surface area (Å²) >= 11 is 12.2. The molecule has 2 amide bonds. The quantitative estimate of drug-likeness (QED) is 0.428. The SMILES string of the molecule is COc1ccc(Cl)cc1C(=O)Nc1ccc(N2CCOCC2)c(NC(=O)c2cc(Cl)ccc2OC)c1. The Morgan fingerprint density at radius 2 is 1.36 bits per heavy atom. The van der Waals surface area contributed by atoms with Crippen molar-refractivity contribution in [2.24, 2.45) is 0 Å². The van der Waals surface area contributed by atoms with Gasteiger partial charge in [0.25, 0.3) is 11.8 Å². The highest BCUT2D eigenvalue weighted by molar-refractivity contribution is 6.31. The van der Waals surface area contributed by atoms with Gasteiger partial charge in [-0.15, -0.1) is 0 Å². The average Bonchev–Trinajstić information content (AvgIpc) is 2.89. The van der Waals surface area contributed by atoms with Gasteiger partial charge in [0.15, 0.2) is 0 Å². The lowest BCUT2D eigenvalue weighted by Gasteiger charge is -2.31. The zero-order valence-corrected chi connectivity index (χ0v) is 21.3. The van der Waals surface area contributed by atoms with Crippen molar-refractivity contribution >= 4 is 52.1 Å². The fourth-order valence-electron chi connectivity index (χ4n) is 3.90. The number of hydrogen-bond acceptors (Lipinski definition) is 6. The summed E-state index contributed by atoms with van der Waals surface area (Å²) in [5.41, 5.74) is 2.37. The molecular formula is C26H25Cl2N3O5. The number of ether oxygens (including phenoxy) is 3. The largest absolute Gasteiger partial charge is 0.496 e. The van der Waals surface area contributed by atoms with E-state index in [-0.39, 0.29) is 11.1 Å². The van der Waals surface area contributed by atoms with Crippen LogP contribution < -0.4 is 25.0 Å². The van der Waals surface area contributed by atoms with Gasteiger partial charge < -0.3 is 29.7 Å². The van der Waals surface area contributed by atoms with E-state index in [1.165, 1.54) is 20.3 Å². The molecule has 0 aromatic heterocycles. The molecule has 0 saturated carbocycles. The summed E-state index contributed by atoms with van der Waals surface area (Å²) < 4.78 is 16.1. The first kappa shape index (κ1) is 25.6. The molecule has 8 nitrogen and oxygen atoms in total. The molecule has 1 aliphatic heterocycles. The molecular weight excluding hydrogens is 505 g/mol. The molecule has 4 rings (SSSR count). The van der Waals surface area contributed by atoms with E-state index < -0.39 is 11.8 Å². The van der Waals surface area contributed by atoms with Gasteiger partial charge in [0.05, 0.1) is 49.9 Å². The van der Waals surface area contributed by atoms with Crippen molar-refractivity contribution in [1.82, 2.24) is 0 Å². The minimum Gasteiger partial charge on any atom is -0.496 e. The van der Waals surface area contributed by atoms with Crippen LogP contribution in [-0.4, -0.2) is 52.3 Å². The highest BCUT2D eigenvalue weighted by Crippen LogP contribution is 2.32. The van der Waals surface area contributed by atoms with E-state index in [0.29, 0.717) is 59.2 Å². The molecule has 2 N–H and O–H groups in total. The topological polar surface area (TPSA) is 89.1 Å². The molecule has 188 valence electrons. The first-order valence-corrected chi connectivity index (χ1v) is 11.9. The smallest absolute Gasteiger partial charge is 0.259 e. The van der Waals surface area contributed by atoms with Gasteiger partial charge in [-0.2, -0.15) is 0 Å². The summed E-state index contributed by atoms with van der Waals surface area (Å²) in [6.45, 7) is 2.47. The summed E-state index contributed by atoms with van der Waals surface area (Å²) in [4.78, 5) is 28.4. The maximum atomic E-state index is 13.2. The summed E-state index contributed by atoms with van der Waals surface area (Å²) in [7, 11) is 2.97. The summed E-state index contributed by atoms with van der Waals surface area (Å²) in [6.07, 6.45) is 0. The second-order valence-electron chi connectivity index (χ2n) is 7.93. The Balaban J connectivity index is 1.66. The highest BCUT2D eigenvalue weighted by atomic mass is 35.5. The van der Waals surface area contributed by atoms with E-state index in [4.69, 9.17) is 37.4 Å². The first-order chi connectivity index (χ1) is 17.4. The number of carbonyl (C=O) groups excluding carboxylic acids is 2. The minimum absolute atomic E-state index is 0.288. The van der Waals surface area contributed by atoms with Gasteiger partial charge >= 0.3 is 0 Å². The number of halogens is 2. The number of nitrogens with zero attached hydrogens (tertiary/aromatic N) is 1. The van der Waals surface area contributed by atoms with Crippen molar-refractivity contribution in [3.63, 3.8) is 0 Å². The van der Waals surface area contributed by atoms with Crippen molar-refractivity contribution in [3.05, 3.63) is 75.8 Å². The van der Waals surface area contributed by atoms with Gasteiger partial charge in [-0.1, -0.05) is 23.2 Å². The van der Waals surface area contributed by atoms with Crippen molar-refractivity contribution in [2.45, 2.75) is 0 Å². The lowest BCUT2D eigenvalue weighted by Crippen LogP contribution is -2.36. The van der Waals surface area contributed by atoms with E-state index in [2.05, 4.69) is 15.5 Å². The maximum absolute atomic E-state index is 13.2. The number of carbonyl (C=O) groups is 2. The third kappa shape index (κ3) is 5.84. The lowest BCUT2D eigenvalue weighted by molar-refractivity contribution is 0.101. The Labute approximate surface area is 219 Å². The van der Waals surface area contributed by atoms with Crippen molar-refractivity contribution in [2.75, 3.05) is 56.1 Å². The van der Waals surface area contributed by atoms with Crippen LogP contribution >= 0.6 is 23.2 Å². The van der Waals surface area contributed by atoms with Crippen LogP contribution in [0.25, 0.3) is 0 Å². The van der Waals surface area contributed by atoms with E-state index >= 15 is 0 Å². The molecule has 1 aliphatic rings. The summed E-state index contributed by atoms with van der Waals surface area (Å²) in [5.74, 6) is -0.0168. The minimum atomic E-state index is -0.401. The second kappa shape index (κ2) is 11.5. The van der Waals surface area contributed by atoms with E-state index in [1.807, 2.05) is 6.07 Å². The van der Waals surface area contributed by atoms with Gasteiger partial charge in [-0.25, -0.2) is 0 Å². The number of methoxy groups -OCH3 is 2. The van der Waals surface area contributed by atoms with Crippen LogP contribution in [0.5, 0.6) is 11.5 Å². The van der Waals surface area contributed by atoms with E-state index in [1.54, 1.807) is 42.5 Å². The molecule has 10 heteroatoms. The lowest BCUT2D eigenvalue weighted by atomic mass is 10.1. The molecule has 36 heavy (non-hydrogen) atoms. The highest BCUT2D eigenvalue weighted by Gasteiger charge is 2.20. The molecule has 0 radical (unpaired) electrons. The Morgan fingerprint density at radius 1 is 0.806 bits per heavy atom. The van der Waals surface area contributed by atoms with E-state index in [0.717, 1.165) is 5.69 Å². The molecule has 3 aromatic carbocycles. The number of amides is 2. The summed E-state index contributed by atoms with van der Waals surface area (Å²) in [5, 5.41) is 6.63. The second-order valence-corrected chi connectivity index (χ2v) is 8.80. The molecule has 0 atom stereocenters. The number of morpholine rings is 1. The zero-order valence-electron chi connectivity index (χ0n) is 19.8. The first-order valence-electron chi connectivity index (χ1n) is 11.2. The molecule has 1 fully saturated rings. The molecule has 1 heterocycles. The van der Waals surface area contributed by atoms with Crippen LogP contribution in [0.15, 0.2) is 54.6 Å². The Bertz CT molecular complexity index is 1280. The third-order valence-corrected chi connectivity index (χ3v) is 6.14. The molecule has 0 unspecified atom stereocenters. The van der Waals surface area contributed by atoms with Crippen LogP contribution in [0.3, 0.4) is 0 Å². The fraction of sp³-hybridized carbons (Fsp3) is 0.231. The van der Waals surface area contributed by atoms with Crippen LogP contribution in [0.1, 0.15) is 20.7 Å². The van der Waals surface area contributed by atoms with E-state index in [9.17, 15) is 9.59 Å². The standard InChI is InChI=1S/C26H25Cl2N3O5/c1-34-23-7-3-16(27)13-19(23)25(32)29-18-5-6-22(31-9-11-36-12-10-31)21(15-18)30-26(33)20-14-17(28)4-8-24(20)35-2/h3-8,13-15H,9-12H2,1-2H3,(H,29,32)(H,30,33). The van der Waals surface area contributed by atoms with Crippen LogP contribution in [0, 0.1) is 0 Å². The van der Waals surface area contributed by atoms with Crippen molar-refractivity contribution < 1.29 is 23.8 Å². The molecule has 1 saturated heterocycles. The number of rotatable bonds is 7. The number of anilines is 3. The van der Waals surface area contributed by atoms with Gasteiger partial charge in [0, 0.05) is 28.8 Å². The van der Waals surface area contributed by atoms with Gasteiger partial charge in [-0.05, 0) is 54.6 Å². The zero-order chi connectivity index (χ0) is 25.7.